The van der Waals surface area contributed by atoms with Crippen LogP contribution < -0.4 is 10.2 Å². The Labute approximate surface area is 440 Å². The monoisotopic (exact) mass is 983 g/mol. The van der Waals surface area contributed by atoms with Crippen LogP contribution in [0.5, 0.6) is 0 Å². The number of hydrogen-bond donors (Lipinski definition) is 1. The lowest BCUT2D eigenvalue weighted by molar-refractivity contribution is 0.536. The van der Waals surface area contributed by atoms with Crippen LogP contribution in [0.3, 0.4) is 0 Å². The van der Waals surface area contributed by atoms with Crippen molar-refractivity contribution in [1.82, 2.24) is 9.88 Å². The number of aromatic nitrogens is 1. The summed E-state index contributed by atoms with van der Waals surface area (Å²) in [4.78, 5) is 13.9. The van der Waals surface area contributed by atoms with Crippen molar-refractivity contribution in [3.63, 3.8) is 0 Å². The maximum absolute atomic E-state index is 6.54. The summed E-state index contributed by atoms with van der Waals surface area (Å²) in [6, 6.07) is 57.3. The van der Waals surface area contributed by atoms with Gasteiger partial charge in [-0.2, -0.15) is 0 Å². The molecular formula is C69H53N5O2. The molecule has 0 amide bonds. The highest BCUT2D eigenvalue weighted by Crippen LogP contribution is 2.49. The molecule has 1 N–H and O–H groups in total. The lowest BCUT2D eigenvalue weighted by Crippen LogP contribution is -2.41. The summed E-state index contributed by atoms with van der Waals surface area (Å²) in [6.45, 7) is 0. The molecule has 0 saturated carbocycles. The molecular weight excluding hydrogens is 931 g/mol. The molecule has 0 bridgehead atoms. The third kappa shape index (κ3) is 7.02. The number of anilines is 1. The quantitative estimate of drug-likeness (QED) is 0.173. The molecule has 4 unspecified atom stereocenters. The van der Waals surface area contributed by atoms with Gasteiger partial charge in [0.15, 0.2) is 5.84 Å². The number of hydrogen-bond acceptors (Lipinski definition) is 6. The van der Waals surface area contributed by atoms with E-state index >= 15 is 0 Å². The van der Waals surface area contributed by atoms with E-state index in [1.807, 2.05) is 12.1 Å². The number of aliphatic imine (C=N–C) groups is 2. The Morgan fingerprint density at radius 1 is 0.579 bits per heavy atom. The van der Waals surface area contributed by atoms with Crippen molar-refractivity contribution in [2.75, 3.05) is 4.90 Å². The van der Waals surface area contributed by atoms with Gasteiger partial charge in [0.1, 0.15) is 34.5 Å². The Morgan fingerprint density at radius 3 is 2.21 bits per heavy atom. The lowest BCUT2D eigenvalue weighted by atomic mass is 9.90. The first kappa shape index (κ1) is 43.5. The van der Waals surface area contributed by atoms with Crippen LogP contribution in [-0.2, 0) is 19.3 Å². The molecule has 2 aliphatic heterocycles. The average molecular weight is 984 g/mol. The van der Waals surface area contributed by atoms with E-state index in [0.717, 1.165) is 110 Å². The third-order valence-corrected chi connectivity index (χ3v) is 17.0. The maximum Gasteiger partial charge on any atom is 0.159 e. The van der Waals surface area contributed by atoms with E-state index < -0.39 is 6.17 Å². The summed E-state index contributed by atoms with van der Waals surface area (Å²) in [5, 5.41) is 8.71. The van der Waals surface area contributed by atoms with E-state index in [1.54, 1.807) is 0 Å². The van der Waals surface area contributed by atoms with E-state index in [9.17, 15) is 0 Å². The fraction of sp³-hybridized carbons (Fsp3) is 0.159. The summed E-state index contributed by atoms with van der Waals surface area (Å²) in [5.74, 6) is 2.69. The summed E-state index contributed by atoms with van der Waals surface area (Å²) in [5.41, 5.74) is 19.5. The first-order valence-corrected chi connectivity index (χ1v) is 27.2. The Morgan fingerprint density at radius 2 is 1.32 bits per heavy atom. The Hall–Kier alpha value is -8.94. The zero-order valence-electron chi connectivity index (χ0n) is 42.0. The minimum absolute atomic E-state index is 0.0522. The van der Waals surface area contributed by atoms with Gasteiger partial charge in [-0.05, 0) is 144 Å². The minimum atomic E-state index is -0.452. The Balaban J connectivity index is 0.891. The molecule has 0 radical (unpaired) electrons. The SMILES string of the molecule is C1=CC2c3ccccc3N(C3=CC(C4N=C(c5cc(-c6ccc7c8c(oc7c6)C=CCC8)cc(-c6ccc7c(c6)oc6ccccc67)c5)N=C(c5ccccc5)N4)=CC(n4c5c(c6ccccc64)CCCC5)C3)C2C=C1. The lowest BCUT2D eigenvalue weighted by Gasteiger charge is -2.37. The molecule has 3 aromatic heterocycles. The van der Waals surface area contributed by atoms with Crippen molar-refractivity contribution in [2.45, 2.75) is 69.1 Å². The largest absolute Gasteiger partial charge is 0.456 e. The van der Waals surface area contributed by atoms with Gasteiger partial charge in [0.05, 0.1) is 12.1 Å². The summed E-state index contributed by atoms with van der Waals surface area (Å²) in [7, 11) is 0. The second-order valence-electron chi connectivity index (χ2n) is 21.3. The van der Waals surface area contributed by atoms with Crippen molar-refractivity contribution < 1.29 is 8.83 Å². The van der Waals surface area contributed by atoms with Crippen LogP contribution in [0, 0.1) is 0 Å². The highest BCUT2D eigenvalue weighted by molar-refractivity contribution is 6.14. The minimum Gasteiger partial charge on any atom is -0.456 e. The first-order chi connectivity index (χ1) is 37.6. The van der Waals surface area contributed by atoms with E-state index in [4.69, 9.17) is 18.8 Å². The van der Waals surface area contributed by atoms with Gasteiger partial charge in [0.25, 0.3) is 0 Å². The molecule has 0 fully saturated rings. The number of nitrogens with one attached hydrogen (secondary N) is 1. The van der Waals surface area contributed by atoms with Gasteiger partial charge in [0, 0.05) is 73.2 Å². The van der Waals surface area contributed by atoms with Gasteiger partial charge in [0.2, 0.25) is 0 Å². The number of amidine groups is 2. The van der Waals surface area contributed by atoms with Gasteiger partial charge in [-0.15, -0.1) is 0 Å². The topological polar surface area (TPSA) is 71.2 Å². The summed E-state index contributed by atoms with van der Waals surface area (Å²) < 4.78 is 15.7. The zero-order chi connectivity index (χ0) is 49.8. The summed E-state index contributed by atoms with van der Waals surface area (Å²) >= 11 is 0. The van der Waals surface area contributed by atoms with Gasteiger partial charge in [-0.25, -0.2) is 9.98 Å². The van der Waals surface area contributed by atoms with E-state index in [1.165, 1.54) is 62.9 Å². The molecule has 4 aliphatic carbocycles. The molecule has 16 rings (SSSR count). The Kier molecular flexibility index (Phi) is 9.90. The number of aryl methyl sites for hydroxylation is 2. The standard InChI is InChI=1S/C69H53N5O2/c1-2-16-42(17-3-1)67-70-68(47-35-45(43-30-32-57-55-22-8-14-28-63(55)75-65(57)39-43)34-46(36-47)44-31-33-58-56-23-9-15-29-64(56)76-66(58)40-44)72-69(71-67)48-37-49(73-59-24-10-4-18-51(59)52-19-5-11-25-60(52)73)41-50(38-48)74-61-26-12-6-20-53(61)54-21-7-13-27-62(54)74/h1-6,8,10-12,14-20,22,24-26,28-40,50-51,59,69H,7,9,13,21,23,27,41H2,(H,70,71,72). The molecule has 0 saturated heterocycles. The molecule has 5 heterocycles. The molecule has 6 aliphatic rings. The maximum atomic E-state index is 6.54. The van der Waals surface area contributed by atoms with Crippen molar-refractivity contribution in [3.8, 4) is 22.3 Å². The molecule has 7 heteroatoms. The van der Waals surface area contributed by atoms with Gasteiger partial charge >= 0.3 is 0 Å². The van der Waals surface area contributed by atoms with Crippen LogP contribution in [0.2, 0.25) is 0 Å². The second kappa shape index (κ2) is 17.3. The van der Waals surface area contributed by atoms with Crippen LogP contribution in [0.25, 0.3) is 72.1 Å². The van der Waals surface area contributed by atoms with Gasteiger partial charge < -0.3 is 23.6 Å². The number of benzene rings is 7. The van der Waals surface area contributed by atoms with Crippen molar-refractivity contribution in [1.29, 1.82) is 0 Å². The van der Waals surface area contributed by atoms with Crippen molar-refractivity contribution >= 4 is 67.2 Å². The fourth-order valence-electron chi connectivity index (χ4n) is 13.5. The first-order valence-electron chi connectivity index (χ1n) is 27.2. The van der Waals surface area contributed by atoms with E-state index in [-0.39, 0.29) is 18.0 Å². The Bertz CT molecular complexity index is 4280. The fourth-order valence-corrected chi connectivity index (χ4v) is 13.5. The number of rotatable bonds is 7. The highest BCUT2D eigenvalue weighted by atomic mass is 16.3. The third-order valence-electron chi connectivity index (χ3n) is 17.0. The van der Waals surface area contributed by atoms with Crippen LogP contribution in [-0.4, -0.2) is 28.4 Å². The van der Waals surface area contributed by atoms with Gasteiger partial charge in [-0.3, -0.25) is 0 Å². The highest BCUT2D eigenvalue weighted by Gasteiger charge is 2.40. The average Bonchev–Trinajstić information content (AvgIpc) is 4.30. The molecule has 366 valence electrons. The smallest absolute Gasteiger partial charge is 0.159 e. The summed E-state index contributed by atoms with van der Waals surface area (Å²) in [6.07, 6.45) is 25.6. The van der Waals surface area contributed by atoms with Crippen LogP contribution in [0.4, 0.5) is 5.69 Å². The second-order valence-corrected chi connectivity index (χ2v) is 21.3. The van der Waals surface area contributed by atoms with Gasteiger partial charge in [-0.1, -0.05) is 140 Å². The normalized spacial score (nSPS) is 20.5. The van der Waals surface area contributed by atoms with Crippen molar-refractivity contribution in [2.24, 2.45) is 9.98 Å². The molecule has 0 spiro atoms. The number of fused-ring (bicyclic) bond motifs is 12. The zero-order valence-corrected chi connectivity index (χ0v) is 42.0. The number of nitrogens with zero attached hydrogens (tertiary/aromatic N) is 4. The predicted octanol–water partition coefficient (Wildman–Crippen LogP) is 16.1. The van der Waals surface area contributed by atoms with Crippen LogP contribution in [0.1, 0.15) is 76.9 Å². The van der Waals surface area contributed by atoms with E-state index in [2.05, 4.69) is 209 Å². The number of furan rings is 2. The molecule has 76 heavy (non-hydrogen) atoms. The number of allylic oxidation sites excluding steroid dienone is 5. The molecule has 7 aromatic carbocycles. The van der Waals surface area contributed by atoms with Crippen LogP contribution in [0.15, 0.2) is 230 Å². The molecule has 7 nitrogen and oxygen atoms in total. The van der Waals surface area contributed by atoms with Crippen molar-refractivity contribution in [3.05, 3.63) is 251 Å². The molecule has 10 aromatic rings. The predicted molar refractivity (Wildman–Crippen MR) is 310 cm³/mol. The van der Waals surface area contributed by atoms with Crippen LogP contribution >= 0.6 is 0 Å². The number of para-hydroxylation sites is 3. The molecule has 4 atom stereocenters. The van der Waals surface area contributed by atoms with E-state index in [0.29, 0.717) is 5.84 Å².